The third-order valence-electron chi connectivity index (χ3n) is 2.72. The van der Waals surface area contributed by atoms with E-state index in [-0.39, 0.29) is 12.6 Å². The predicted molar refractivity (Wildman–Crippen MR) is 67.3 cm³/mol. The molecule has 2 amide bonds. The standard InChI is InChI=1S/C12H18N4O2/c1-12(2,7-17)16-11(18)15-9-5-13-10(14-6-9)8-3-4-8/h5-6,8,17H,3-4,7H2,1-2H3,(H2,15,16,18). The number of aromatic nitrogens is 2. The Hall–Kier alpha value is -1.69. The van der Waals surface area contributed by atoms with E-state index in [2.05, 4.69) is 20.6 Å². The molecule has 0 spiro atoms. The Kier molecular flexibility index (Phi) is 3.47. The van der Waals surface area contributed by atoms with Gasteiger partial charge in [0.15, 0.2) is 0 Å². The third kappa shape index (κ3) is 3.40. The lowest BCUT2D eigenvalue weighted by Crippen LogP contribution is -2.48. The van der Waals surface area contributed by atoms with Crippen LogP contribution in [0.25, 0.3) is 0 Å². The Balaban J connectivity index is 1.90. The smallest absolute Gasteiger partial charge is 0.319 e. The maximum Gasteiger partial charge on any atom is 0.319 e. The Morgan fingerprint density at radius 1 is 1.44 bits per heavy atom. The fourth-order valence-corrected chi connectivity index (χ4v) is 1.46. The van der Waals surface area contributed by atoms with E-state index in [9.17, 15) is 4.79 Å². The van der Waals surface area contributed by atoms with Gasteiger partial charge in [-0.1, -0.05) is 0 Å². The monoisotopic (exact) mass is 250 g/mol. The molecule has 0 aromatic carbocycles. The lowest BCUT2D eigenvalue weighted by atomic mass is 10.1. The Morgan fingerprint density at radius 3 is 2.56 bits per heavy atom. The first kappa shape index (κ1) is 12.8. The molecule has 0 atom stereocenters. The highest BCUT2D eigenvalue weighted by Crippen LogP contribution is 2.37. The lowest BCUT2D eigenvalue weighted by Gasteiger charge is -2.23. The fraction of sp³-hybridized carbons (Fsp3) is 0.583. The summed E-state index contributed by atoms with van der Waals surface area (Å²) in [7, 11) is 0. The number of hydrogen-bond donors (Lipinski definition) is 3. The van der Waals surface area contributed by atoms with Gasteiger partial charge in [-0.3, -0.25) is 0 Å². The Bertz CT molecular complexity index is 426. The molecule has 0 unspecified atom stereocenters. The molecule has 1 fully saturated rings. The molecule has 6 heteroatoms. The first-order valence-electron chi connectivity index (χ1n) is 6.02. The number of carbonyl (C=O) groups excluding carboxylic acids is 1. The van der Waals surface area contributed by atoms with Crippen LogP contribution in [0.1, 0.15) is 38.4 Å². The average molecular weight is 250 g/mol. The fourth-order valence-electron chi connectivity index (χ4n) is 1.46. The summed E-state index contributed by atoms with van der Waals surface area (Å²) in [5, 5.41) is 14.3. The van der Waals surface area contributed by atoms with Crippen LogP contribution < -0.4 is 10.6 Å². The number of aliphatic hydroxyl groups is 1. The van der Waals surface area contributed by atoms with Gasteiger partial charge in [0, 0.05) is 5.92 Å². The van der Waals surface area contributed by atoms with Crippen LogP contribution in [0.5, 0.6) is 0 Å². The van der Waals surface area contributed by atoms with Gasteiger partial charge in [0.25, 0.3) is 0 Å². The Morgan fingerprint density at radius 2 is 2.06 bits per heavy atom. The summed E-state index contributed by atoms with van der Waals surface area (Å²) >= 11 is 0. The molecule has 0 saturated heterocycles. The molecule has 98 valence electrons. The molecule has 1 aliphatic rings. The average Bonchev–Trinajstić information content (AvgIpc) is 3.13. The summed E-state index contributed by atoms with van der Waals surface area (Å²) in [6, 6.07) is -0.378. The van der Waals surface area contributed by atoms with Crippen molar-refractivity contribution in [2.24, 2.45) is 0 Å². The molecule has 1 saturated carbocycles. The maximum atomic E-state index is 11.6. The second-order valence-electron chi connectivity index (χ2n) is 5.23. The summed E-state index contributed by atoms with van der Waals surface area (Å²) < 4.78 is 0. The summed E-state index contributed by atoms with van der Waals surface area (Å²) in [6.07, 6.45) is 5.51. The van der Waals surface area contributed by atoms with Crippen LogP contribution in [0.2, 0.25) is 0 Å². The third-order valence-corrected chi connectivity index (χ3v) is 2.72. The number of rotatable bonds is 4. The Labute approximate surface area is 106 Å². The minimum absolute atomic E-state index is 0.127. The molecule has 0 radical (unpaired) electrons. The summed E-state index contributed by atoms with van der Waals surface area (Å²) in [6.45, 7) is 3.34. The predicted octanol–water partition coefficient (Wildman–Crippen LogP) is 1.25. The van der Waals surface area contributed by atoms with Crippen LogP contribution in [0, 0.1) is 0 Å². The molecule has 18 heavy (non-hydrogen) atoms. The van der Waals surface area contributed by atoms with E-state index < -0.39 is 5.54 Å². The highest BCUT2D eigenvalue weighted by molar-refractivity contribution is 5.89. The molecular weight excluding hydrogens is 232 g/mol. The van der Waals surface area contributed by atoms with Gasteiger partial charge in [-0.25, -0.2) is 14.8 Å². The second-order valence-corrected chi connectivity index (χ2v) is 5.23. The van der Waals surface area contributed by atoms with Gasteiger partial charge in [-0.05, 0) is 26.7 Å². The van der Waals surface area contributed by atoms with Crippen LogP contribution in [-0.2, 0) is 0 Å². The van der Waals surface area contributed by atoms with Crippen molar-refractivity contribution in [1.82, 2.24) is 15.3 Å². The van der Waals surface area contributed by atoms with Gasteiger partial charge in [0.1, 0.15) is 5.82 Å². The van der Waals surface area contributed by atoms with Gasteiger partial charge in [-0.2, -0.15) is 0 Å². The zero-order valence-corrected chi connectivity index (χ0v) is 10.6. The molecule has 1 aliphatic carbocycles. The SMILES string of the molecule is CC(C)(CO)NC(=O)Nc1cnc(C2CC2)nc1. The van der Waals surface area contributed by atoms with Crippen molar-refractivity contribution in [3.63, 3.8) is 0 Å². The largest absolute Gasteiger partial charge is 0.394 e. The van der Waals surface area contributed by atoms with Crippen LogP contribution in [-0.4, -0.2) is 33.3 Å². The number of urea groups is 1. The molecule has 2 rings (SSSR count). The van der Waals surface area contributed by atoms with Crippen molar-refractivity contribution in [2.75, 3.05) is 11.9 Å². The summed E-state index contributed by atoms with van der Waals surface area (Å²) in [4.78, 5) is 20.0. The van der Waals surface area contributed by atoms with Crippen LogP contribution in [0.3, 0.4) is 0 Å². The first-order valence-corrected chi connectivity index (χ1v) is 6.02. The van der Waals surface area contributed by atoms with Crippen molar-refractivity contribution in [3.8, 4) is 0 Å². The van der Waals surface area contributed by atoms with E-state index in [4.69, 9.17) is 5.11 Å². The van der Waals surface area contributed by atoms with E-state index >= 15 is 0 Å². The highest BCUT2D eigenvalue weighted by Gasteiger charge is 2.26. The van der Waals surface area contributed by atoms with E-state index in [1.54, 1.807) is 26.2 Å². The van der Waals surface area contributed by atoms with Crippen molar-refractivity contribution in [2.45, 2.75) is 38.1 Å². The van der Waals surface area contributed by atoms with Crippen molar-refractivity contribution < 1.29 is 9.90 Å². The molecule has 1 heterocycles. The van der Waals surface area contributed by atoms with E-state index in [0.717, 1.165) is 18.7 Å². The molecule has 1 aromatic heterocycles. The number of carbonyl (C=O) groups is 1. The van der Waals surface area contributed by atoms with Gasteiger partial charge < -0.3 is 15.7 Å². The van der Waals surface area contributed by atoms with Gasteiger partial charge in [0.2, 0.25) is 0 Å². The normalized spacial score (nSPS) is 15.3. The van der Waals surface area contributed by atoms with Crippen LogP contribution >= 0.6 is 0 Å². The highest BCUT2D eigenvalue weighted by atomic mass is 16.3. The van der Waals surface area contributed by atoms with E-state index in [1.165, 1.54) is 0 Å². The minimum Gasteiger partial charge on any atom is -0.394 e. The van der Waals surface area contributed by atoms with E-state index in [0.29, 0.717) is 11.6 Å². The molecule has 1 aromatic rings. The van der Waals surface area contributed by atoms with Crippen molar-refractivity contribution in [3.05, 3.63) is 18.2 Å². The van der Waals surface area contributed by atoms with Gasteiger partial charge >= 0.3 is 6.03 Å². The molecule has 6 nitrogen and oxygen atoms in total. The molecular formula is C12H18N4O2. The van der Waals surface area contributed by atoms with Crippen LogP contribution in [0.4, 0.5) is 10.5 Å². The number of nitrogens with one attached hydrogen (secondary N) is 2. The van der Waals surface area contributed by atoms with E-state index in [1.807, 2.05) is 0 Å². The lowest BCUT2D eigenvalue weighted by molar-refractivity contribution is 0.187. The first-order chi connectivity index (χ1) is 8.50. The number of aliphatic hydroxyl groups excluding tert-OH is 1. The number of hydrogen-bond acceptors (Lipinski definition) is 4. The summed E-state index contributed by atoms with van der Waals surface area (Å²) in [5.74, 6) is 1.35. The van der Waals surface area contributed by atoms with Crippen molar-refractivity contribution in [1.29, 1.82) is 0 Å². The number of nitrogens with zero attached hydrogens (tertiary/aromatic N) is 2. The topological polar surface area (TPSA) is 87.1 Å². The number of amides is 2. The minimum atomic E-state index is -0.654. The quantitative estimate of drug-likeness (QED) is 0.750. The van der Waals surface area contributed by atoms with Crippen molar-refractivity contribution >= 4 is 11.7 Å². The van der Waals surface area contributed by atoms with Gasteiger partial charge in [-0.15, -0.1) is 0 Å². The second kappa shape index (κ2) is 4.89. The van der Waals surface area contributed by atoms with Gasteiger partial charge in [0.05, 0.1) is 30.2 Å². The molecule has 0 bridgehead atoms. The maximum absolute atomic E-state index is 11.6. The molecule has 0 aliphatic heterocycles. The zero-order chi connectivity index (χ0) is 13.2. The molecule has 3 N–H and O–H groups in total. The van der Waals surface area contributed by atoms with Crippen LogP contribution in [0.15, 0.2) is 12.4 Å². The summed E-state index contributed by atoms with van der Waals surface area (Å²) in [5.41, 5.74) is -0.107. The zero-order valence-electron chi connectivity index (χ0n) is 10.6. The number of anilines is 1.